The van der Waals surface area contributed by atoms with E-state index >= 15 is 0 Å². The van der Waals surface area contributed by atoms with Crippen molar-refractivity contribution in [1.82, 2.24) is 57.8 Å². The number of hydrogen-bond acceptors (Lipinski definition) is 16. The van der Waals surface area contributed by atoms with Crippen LogP contribution >= 0.6 is 0 Å². The number of carboxylic acids is 3. The summed E-state index contributed by atoms with van der Waals surface area (Å²) in [5.74, 6) is -15.6. The van der Waals surface area contributed by atoms with E-state index in [2.05, 4.69) is 57.8 Å². The van der Waals surface area contributed by atoms with Crippen LogP contribution in [0.25, 0.3) is 0 Å². The lowest BCUT2D eigenvalue weighted by Gasteiger charge is -2.28. The van der Waals surface area contributed by atoms with E-state index in [9.17, 15) is 77.6 Å². The number of hydrogen-bond donors (Lipinski definition) is 16. The molecule has 0 unspecified atom stereocenters. The van der Waals surface area contributed by atoms with Crippen molar-refractivity contribution in [2.75, 3.05) is 6.54 Å². The van der Waals surface area contributed by atoms with Crippen molar-refractivity contribution in [1.29, 1.82) is 0 Å². The molecule has 0 spiro atoms. The van der Waals surface area contributed by atoms with Gasteiger partial charge in [0.15, 0.2) is 0 Å². The van der Waals surface area contributed by atoms with E-state index in [0.717, 1.165) is 0 Å². The smallest absolute Gasteiger partial charge is 0.326 e. The van der Waals surface area contributed by atoms with E-state index in [1.54, 1.807) is 41.5 Å². The third kappa shape index (κ3) is 27.8. The minimum Gasteiger partial charge on any atom is -0.481 e. The number of nitrogens with zero attached hydrogens (tertiary/aromatic N) is 1. The summed E-state index contributed by atoms with van der Waals surface area (Å²) >= 11 is 0. The normalized spacial score (nSPS) is 15.0. The summed E-state index contributed by atoms with van der Waals surface area (Å²) in [4.78, 5) is 178. The van der Waals surface area contributed by atoms with Gasteiger partial charge < -0.3 is 85.4 Å². The van der Waals surface area contributed by atoms with Gasteiger partial charge in [-0.3, -0.25) is 57.5 Å². The SMILES string of the molecule is CC(C)C[C@H](NC(=O)[C@H](C)NC(=O)[C@H](CC(N)=O)NC(=O)[C@H](CC(=O)O)NC(=O)[C@H](CCC(=O)O)NC(=O)[C@H](CC(C)C)NC(=O)[C@H](Cc1cnc[nH]1)NC(=O)[C@@H](N)CC(C)C)C(=O)N[C@@H](CCCCN)C(=O)N[C@H](C(=O)O)C(C)C. The van der Waals surface area contributed by atoms with Crippen molar-refractivity contribution in [2.45, 2.75) is 193 Å². The molecule has 10 atom stereocenters. The minimum atomic E-state index is -2.08. The molecule has 0 aliphatic carbocycles. The third-order valence-electron chi connectivity index (χ3n) is 12.2. The molecule has 30 heteroatoms. The van der Waals surface area contributed by atoms with Crippen LogP contribution in [-0.2, 0) is 68.7 Å². The maximum atomic E-state index is 14.0. The van der Waals surface area contributed by atoms with Crippen LogP contribution in [-0.4, -0.2) is 169 Å². The van der Waals surface area contributed by atoms with Crippen molar-refractivity contribution in [3.63, 3.8) is 0 Å². The zero-order valence-corrected chi connectivity index (χ0v) is 47.6. The van der Waals surface area contributed by atoms with E-state index in [4.69, 9.17) is 17.2 Å². The standard InChI is InChI=1S/C51H86N14O16/c1-24(2)16-30(53)43(72)61-35(19-29-22-55-23-56-29)49(78)62-34(18-26(5)6)48(77)59-32(13-14-39(67)68)44(73)64-37(21-40(69)70)50(79)63-36(20-38(54)66)46(75)57-28(9)42(71)60-33(17-25(3)4)47(76)58-31(12-10-11-15-52)45(74)65-41(27(7)8)51(80)81/h22-28,30-37,41H,10-21,52-53H2,1-9H3,(H2,54,66)(H,55,56)(H,57,75)(H,58,76)(H,59,77)(H,60,71)(H,61,72)(H,62,78)(H,63,79)(H,64,73)(H,65,74)(H,67,68)(H,69,70)(H,80,81)/t28-,30-,31-,32-,33-,34-,35-,36-,37-,41-/m0/s1. The van der Waals surface area contributed by atoms with Gasteiger partial charge in [-0.25, -0.2) is 9.78 Å². The summed E-state index contributed by atoms with van der Waals surface area (Å²) in [6, 6.07) is -14.9. The molecule has 1 heterocycles. The van der Waals surface area contributed by atoms with Crippen LogP contribution in [0.4, 0.5) is 0 Å². The lowest BCUT2D eigenvalue weighted by atomic mass is 10.0. The molecule has 30 nitrogen and oxygen atoms in total. The molecule has 1 aromatic heterocycles. The van der Waals surface area contributed by atoms with Gasteiger partial charge in [0.1, 0.15) is 54.4 Å². The summed E-state index contributed by atoms with van der Waals surface area (Å²) < 4.78 is 0. The van der Waals surface area contributed by atoms with Gasteiger partial charge in [-0.1, -0.05) is 55.4 Å². The molecule has 0 aromatic carbocycles. The first-order chi connectivity index (χ1) is 37.8. The summed E-state index contributed by atoms with van der Waals surface area (Å²) in [6.45, 7) is 15.2. The summed E-state index contributed by atoms with van der Waals surface area (Å²) in [5, 5.41) is 50.6. The quantitative estimate of drug-likeness (QED) is 0.0290. The molecular weight excluding hydrogens is 1060 g/mol. The van der Waals surface area contributed by atoms with Crippen LogP contribution in [0.2, 0.25) is 0 Å². The van der Waals surface area contributed by atoms with Gasteiger partial charge in [0.25, 0.3) is 0 Å². The molecule has 81 heavy (non-hydrogen) atoms. The minimum absolute atomic E-state index is 0.00935. The molecule has 456 valence electrons. The molecule has 10 amide bonds. The van der Waals surface area contributed by atoms with Crippen molar-refractivity contribution in [3.05, 3.63) is 18.2 Å². The van der Waals surface area contributed by atoms with Crippen LogP contribution < -0.4 is 65.1 Å². The summed E-state index contributed by atoms with van der Waals surface area (Å²) in [7, 11) is 0. The third-order valence-corrected chi connectivity index (χ3v) is 12.2. The van der Waals surface area contributed by atoms with Gasteiger partial charge in [0.05, 0.1) is 25.2 Å². The number of aromatic nitrogens is 2. The number of nitrogens with one attached hydrogen (secondary N) is 10. The summed E-state index contributed by atoms with van der Waals surface area (Å²) in [5.41, 5.74) is 17.5. The number of rotatable bonds is 39. The monoisotopic (exact) mass is 1150 g/mol. The highest BCUT2D eigenvalue weighted by Crippen LogP contribution is 2.13. The maximum absolute atomic E-state index is 14.0. The van der Waals surface area contributed by atoms with E-state index in [0.29, 0.717) is 18.5 Å². The molecule has 1 rings (SSSR count). The first kappa shape index (κ1) is 71.3. The Balaban J connectivity index is 3.43. The van der Waals surface area contributed by atoms with Crippen LogP contribution in [0.3, 0.4) is 0 Å². The number of carboxylic acid groups (broad SMARTS) is 3. The van der Waals surface area contributed by atoms with Crippen molar-refractivity contribution in [3.8, 4) is 0 Å². The largest absolute Gasteiger partial charge is 0.481 e. The van der Waals surface area contributed by atoms with Crippen LogP contribution in [0.1, 0.15) is 132 Å². The Hall–Kier alpha value is -7.76. The Morgan fingerprint density at radius 1 is 0.506 bits per heavy atom. The fourth-order valence-electron chi connectivity index (χ4n) is 8.02. The highest BCUT2D eigenvalue weighted by Gasteiger charge is 2.37. The van der Waals surface area contributed by atoms with Gasteiger partial charge in [-0.05, 0) is 82.1 Å². The Morgan fingerprint density at radius 3 is 1.40 bits per heavy atom. The number of primary amides is 1. The Morgan fingerprint density at radius 2 is 0.938 bits per heavy atom. The van der Waals surface area contributed by atoms with E-state index < -0.39 is 169 Å². The number of carbonyl (C=O) groups is 13. The molecule has 0 bridgehead atoms. The number of aromatic amines is 1. The number of amides is 10. The van der Waals surface area contributed by atoms with Gasteiger partial charge in [0.2, 0.25) is 59.1 Å². The highest BCUT2D eigenvalue weighted by atomic mass is 16.4. The second-order valence-corrected chi connectivity index (χ2v) is 21.5. The Kier molecular flexibility index (Phi) is 31.5. The van der Waals surface area contributed by atoms with Crippen molar-refractivity contribution < 1.29 is 77.6 Å². The molecule has 0 fully saturated rings. The zero-order valence-electron chi connectivity index (χ0n) is 47.6. The molecule has 0 saturated heterocycles. The van der Waals surface area contributed by atoms with Gasteiger partial charge in [0, 0.05) is 24.7 Å². The molecular formula is C51H86N14O16. The fourth-order valence-corrected chi connectivity index (χ4v) is 8.02. The van der Waals surface area contributed by atoms with Crippen molar-refractivity contribution >= 4 is 77.0 Å². The first-order valence-electron chi connectivity index (χ1n) is 26.9. The van der Waals surface area contributed by atoms with Gasteiger partial charge in [-0.15, -0.1) is 0 Å². The Bertz CT molecular complexity index is 2310. The van der Waals surface area contributed by atoms with E-state index in [1.165, 1.54) is 19.4 Å². The molecule has 1 aromatic rings. The lowest BCUT2D eigenvalue weighted by Crippen LogP contribution is -2.61. The van der Waals surface area contributed by atoms with E-state index in [1.807, 2.05) is 13.8 Å². The first-order valence-corrected chi connectivity index (χ1v) is 26.9. The number of imidazole rings is 1. The predicted octanol–water partition coefficient (Wildman–Crippen LogP) is -3.11. The highest BCUT2D eigenvalue weighted by molar-refractivity contribution is 6.00. The van der Waals surface area contributed by atoms with Crippen LogP contribution in [0, 0.1) is 23.7 Å². The van der Waals surface area contributed by atoms with Crippen LogP contribution in [0.15, 0.2) is 12.5 Å². The number of unbranched alkanes of at least 4 members (excludes halogenated alkanes) is 1. The average Bonchev–Trinajstić information content (AvgIpc) is 3.87. The second kappa shape index (κ2) is 35.8. The van der Waals surface area contributed by atoms with Gasteiger partial charge in [-0.2, -0.15) is 0 Å². The van der Waals surface area contributed by atoms with Gasteiger partial charge >= 0.3 is 17.9 Å². The number of carbonyl (C=O) groups excluding carboxylic acids is 10. The lowest BCUT2D eigenvalue weighted by molar-refractivity contribution is -0.143. The zero-order chi connectivity index (χ0) is 61.8. The number of H-pyrrole nitrogens is 1. The molecule has 0 saturated carbocycles. The van der Waals surface area contributed by atoms with Crippen LogP contribution in [0.5, 0.6) is 0 Å². The fraction of sp³-hybridized carbons (Fsp3) is 0.686. The molecule has 0 aliphatic rings. The predicted molar refractivity (Wildman–Crippen MR) is 290 cm³/mol. The number of nitrogens with two attached hydrogens (primary N) is 3. The molecule has 0 radical (unpaired) electrons. The molecule has 19 N–H and O–H groups in total. The maximum Gasteiger partial charge on any atom is 0.326 e. The Labute approximate surface area is 470 Å². The number of aliphatic carboxylic acids is 3. The van der Waals surface area contributed by atoms with Crippen molar-refractivity contribution in [2.24, 2.45) is 40.9 Å². The second-order valence-electron chi connectivity index (χ2n) is 21.5. The van der Waals surface area contributed by atoms with E-state index in [-0.39, 0.29) is 56.4 Å². The molecule has 0 aliphatic heterocycles. The average molecular weight is 1150 g/mol. The summed E-state index contributed by atoms with van der Waals surface area (Å²) in [6.07, 6.45) is 0.281. The topological polar surface area (TPSA) is 498 Å².